The summed E-state index contributed by atoms with van der Waals surface area (Å²) in [5, 5.41) is 6.70. The van der Waals surface area contributed by atoms with Crippen LogP contribution in [-0.2, 0) is 0 Å². The van der Waals surface area contributed by atoms with Gasteiger partial charge in [0.05, 0.1) is 0 Å². The number of nitrogens with one attached hydrogen (secondary N) is 2. The fourth-order valence-electron chi connectivity index (χ4n) is 0.824. The Hall–Kier alpha value is -0.0800. The predicted molar refractivity (Wildman–Crippen MR) is 46.3 cm³/mol. The molecule has 1 unspecified atom stereocenters. The molecule has 2 nitrogen and oxygen atoms in total. The number of likely N-dealkylation sites (N-methyl/N-ethyl adjacent to an activating group) is 1. The molecule has 1 atom stereocenters. The van der Waals surface area contributed by atoms with Crippen LogP contribution in [0.15, 0.2) is 0 Å². The Bertz CT molecular complexity index is 56.3. The van der Waals surface area contributed by atoms with E-state index < -0.39 is 0 Å². The van der Waals surface area contributed by atoms with Gasteiger partial charge in [0.15, 0.2) is 0 Å². The van der Waals surface area contributed by atoms with Gasteiger partial charge in [0.2, 0.25) is 0 Å². The summed E-state index contributed by atoms with van der Waals surface area (Å²) in [6, 6.07) is 0.611. The van der Waals surface area contributed by atoms with Crippen LogP contribution in [0, 0.1) is 0 Å². The number of hydrogen-bond donors (Lipinski definition) is 2. The van der Waals surface area contributed by atoms with E-state index in [0.717, 1.165) is 19.6 Å². The van der Waals surface area contributed by atoms with Crippen molar-refractivity contribution in [2.45, 2.75) is 33.2 Å². The summed E-state index contributed by atoms with van der Waals surface area (Å²) in [5.41, 5.74) is 0. The zero-order chi connectivity index (χ0) is 7.82. The molecule has 0 heterocycles. The minimum atomic E-state index is 0.611. The molecule has 0 aliphatic carbocycles. The first-order chi connectivity index (χ1) is 4.81. The molecule has 10 heavy (non-hydrogen) atoms. The Morgan fingerprint density at radius 1 is 1.30 bits per heavy atom. The monoisotopic (exact) mass is 144 g/mol. The van der Waals surface area contributed by atoms with Gasteiger partial charge in [-0.15, -0.1) is 0 Å². The Labute approximate surface area is 64.4 Å². The van der Waals surface area contributed by atoms with Crippen molar-refractivity contribution in [3.8, 4) is 0 Å². The van der Waals surface area contributed by atoms with Gasteiger partial charge in [0.1, 0.15) is 0 Å². The number of hydrogen-bond acceptors (Lipinski definition) is 2. The molecule has 2 N–H and O–H groups in total. The lowest BCUT2D eigenvalue weighted by Gasteiger charge is -2.12. The van der Waals surface area contributed by atoms with Gasteiger partial charge in [-0.3, -0.25) is 0 Å². The highest BCUT2D eigenvalue weighted by Crippen LogP contribution is 1.79. The van der Waals surface area contributed by atoms with Crippen molar-refractivity contribution < 1.29 is 0 Å². The molecule has 0 saturated carbocycles. The molecular weight excluding hydrogens is 124 g/mol. The molecule has 0 aromatic heterocycles. The van der Waals surface area contributed by atoms with Crippen molar-refractivity contribution in [2.24, 2.45) is 0 Å². The fourth-order valence-corrected chi connectivity index (χ4v) is 0.824. The van der Waals surface area contributed by atoms with Crippen molar-refractivity contribution in [2.75, 3.05) is 19.6 Å². The van der Waals surface area contributed by atoms with Gasteiger partial charge >= 0.3 is 0 Å². The second kappa shape index (κ2) is 7.03. The molecule has 0 fully saturated rings. The largest absolute Gasteiger partial charge is 0.315 e. The van der Waals surface area contributed by atoms with E-state index in [4.69, 9.17) is 0 Å². The number of rotatable bonds is 6. The van der Waals surface area contributed by atoms with Crippen LogP contribution >= 0.6 is 0 Å². The molecule has 2 heteroatoms. The first-order valence-electron chi connectivity index (χ1n) is 4.25. The normalized spacial score (nSPS) is 13.5. The van der Waals surface area contributed by atoms with Crippen LogP contribution in [0.5, 0.6) is 0 Å². The van der Waals surface area contributed by atoms with Gasteiger partial charge in [-0.05, 0) is 26.4 Å². The summed E-state index contributed by atoms with van der Waals surface area (Å²) in [5.74, 6) is 0. The maximum absolute atomic E-state index is 3.40. The first kappa shape index (κ1) is 9.92. The zero-order valence-electron chi connectivity index (χ0n) is 7.41. The molecule has 0 aliphatic rings. The molecule has 0 rings (SSSR count). The average Bonchev–Trinajstić information content (AvgIpc) is 1.97. The van der Waals surface area contributed by atoms with E-state index >= 15 is 0 Å². The summed E-state index contributed by atoms with van der Waals surface area (Å²) in [6.07, 6.45) is 1.22. The maximum atomic E-state index is 3.40. The third-order valence-electron chi connectivity index (χ3n) is 1.44. The van der Waals surface area contributed by atoms with E-state index in [-0.39, 0.29) is 0 Å². The van der Waals surface area contributed by atoms with Crippen LogP contribution in [-0.4, -0.2) is 25.7 Å². The van der Waals surface area contributed by atoms with Crippen molar-refractivity contribution >= 4 is 0 Å². The van der Waals surface area contributed by atoms with Crippen LogP contribution in [0.1, 0.15) is 27.2 Å². The average molecular weight is 144 g/mol. The molecule has 62 valence electrons. The smallest absolute Gasteiger partial charge is 0.0164 e. The van der Waals surface area contributed by atoms with Crippen LogP contribution in [0.4, 0.5) is 0 Å². The quantitative estimate of drug-likeness (QED) is 0.581. The Morgan fingerprint density at radius 3 is 2.50 bits per heavy atom. The highest BCUT2D eigenvalue weighted by atomic mass is 15.0. The van der Waals surface area contributed by atoms with Crippen LogP contribution in [0.3, 0.4) is 0 Å². The van der Waals surface area contributed by atoms with Crippen LogP contribution < -0.4 is 10.6 Å². The SMILES string of the molecule is CCCNC(C)CNCC. The van der Waals surface area contributed by atoms with E-state index in [1.165, 1.54) is 6.42 Å². The predicted octanol–water partition coefficient (Wildman–Crippen LogP) is 0.984. The van der Waals surface area contributed by atoms with Crippen molar-refractivity contribution in [1.82, 2.24) is 10.6 Å². The Morgan fingerprint density at radius 2 is 2.00 bits per heavy atom. The van der Waals surface area contributed by atoms with Crippen LogP contribution in [0.25, 0.3) is 0 Å². The van der Waals surface area contributed by atoms with Gasteiger partial charge in [-0.25, -0.2) is 0 Å². The van der Waals surface area contributed by atoms with Gasteiger partial charge in [0.25, 0.3) is 0 Å². The molecule has 0 amide bonds. The molecule has 0 bridgehead atoms. The van der Waals surface area contributed by atoms with Crippen molar-refractivity contribution in [3.63, 3.8) is 0 Å². The summed E-state index contributed by atoms with van der Waals surface area (Å²) in [6.45, 7) is 9.80. The second-order valence-corrected chi connectivity index (χ2v) is 2.66. The standard InChI is InChI=1S/C8H20N2/c1-4-6-10-8(3)7-9-5-2/h8-10H,4-7H2,1-3H3. The van der Waals surface area contributed by atoms with Gasteiger partial charge in [0, 0.05) is 12.6 Å². The molecule has 0 aromatic carbocycles. The fraction of sp³-hybridized carbons (Fsp3) is 1.00. The summed E-state index contributed by atoms with van der Waals surface area (Å²) in [4.78, 5) is 0. The van der Waals surface area contributed by atoms with E-state index in [0.29, 0.717) is 6.04 Å². The lowest BCUT2D eigenvalue weighted by Crippen LogP contribution is -2.36. The lowest BCUT2D eigenvalue weighted by molar-refractivity contribution is 0.509. The zero-order valence-corrected chi connectivity index (χ0v) is 7.41. The van der Waals surface area contributed by atoms with E-state index in [1.54, 1.807) is 0 Å². The Kier molecular flexibility index (Phi) is 6.98. The third-order valence-corrected chi connectivity index (χ3v) is 1.44. The molecule has 0 aliphatic heterocycles. The topological polar surface area (TPSA) is 24.1 Å². The van der Waals surface area contributed by atoms with Gasteiger partial charge in [-0.1, -0.05) is 13.8 Å². The van der Waals surface area contributed by atoms with Gasteiger partial charge in [-0.2, -0.15) is 0 Å². The molecular formula is C8H20N2. The van der Waals surface area contributed by atoms with Crippen LogP contribution in [0.2, 0.25) is 0 Å². The summed E-state index contributed by atoms with van der Waals surface area (Å²) in [7, 11) is 0. The van der Waals surface area contributed by atoms with E-state index in [1.807, 2.05) is 0 Å². The van der Waals surface area contributed by atoms with Crippen molar-refractivity contribution in [3.05, 3.63) is 0 Å². The maximum Gasteiger partial charge on any atom is 0.0164 e. The highest BCUT2D eigenvalue weighted by molar-refractivity contribution is 4.61. The lowest BCUT2D eigenvalue weighted by atomic mass is 10.3. The van der Waals surface area contributed by atoms with E-state index in [2.05, 4.69) is 31.4 Å². The molecule has 0 saturated heterocycles. The molecule has 0 spiro atoms. The van der Waals surface area contributed by atoms with E-state index in [9.17, 15) is 0 Å². The third kappa shape index (κ3) is 6.05. The first-order valence-corrected chi connectivity index (χ1v) is 4.25. The minimum Gasteiger partial charge on any atom is -0.315 e. The second-order valence-electron chi connectivity index (χ2n) is 2.66. The summed E-state index contributed by atoms with van der Waals surface area (Å²) < 4.78 is 0. The molecule has 0 radical (unpaired) electrons. The summed E-state index contributed by atoms with van der Waals surface area (Å²) >= 11 is 0. The highest BCUT2D eigenvalue weighted by Gasteiger charge is 1.96. The van der Waals surface area contributed by atoms with Crippen molar-refractivity contribution in [1.29, 1.82) is 0 Å². The van der Waals surface area contributed by atoms with Gasteiger partial charge < -0.3 is 10.6 Å². The molecule has 0 aromatic rings. The minimum absolute atomic E-state index is 0.611. The Balaban J connectivity index is 3.00.